The lowest BCUT2D eigenvalue weighted by atomic mass is 10.2. The van der Waals surface area contributed by atoms with E-state index in [0.29, 0.717) is 12.3 Å². The van der Waals surface area contributed by atoms with Gasteiger partial charge >= 0.3 is 0 Å². The van der Waals surface area contributed by atoms with Gasteiger partial charge in [0, 0.05) is 77.2 Å². The van der Waals surface area contributed by atoms with E-state index in [2.05, 4.69) is 32.4 Å². The number of carbonyl (C=O) groups excluding carboxylic acids is 1. The van der Waals surface area contributed by atoms with Gasteiger partial charge in [-0.3, -0.25) is 9.69 Å². The minimum absolute atomic E-state index is 0.312. The zero-order valence-electron chi connectivity index (χ0n) is 14.0. The largest absolute Gasteiger partial charge is 0.340 e. The van der Waals surface area contributed by atoms with E-state index in [0.717, 1.165) is 70.5 Å². The fraction of sp³-hybridized carbons (Fsp3) is 0.750. The van der Waals surface area contributed by atoms with Gasteiger partial charge in [-0.05, 0) is 6.92 Å². The van der Waals surface area contributed by atoms with Gasteiger partial charge in [0.15, 0.2) is 0 Å². The summed E-state index contributed by atoms with van der Waals surface area (Å²) in [7, 11) is 0. The molecule has 3 heterocycles. The molecule has 2 aliphatic rings. The number of rotatable bonds is 5. The van der Waals surface area contributed by atoms with Gasteiger partial charge < -0.3 is 15.1 Å². The highest BCUT2D eigenvalue weighted by atomic mass is 32.1. The maximum Gasteiger partial charge on any atom is 0.223 e. The summed E-state index contributed by atoms with van der Waals surface area (Å²) in [5, 5.41) is 6.59. The van der Waals surface area contributed by atoms with Gasteiger partial charge in [-0.15, -0.1) is 11.3 Å². The molecule has 2 fully saturated rings. The Morgan fingerprint density at radius 2 is 1.87 bits per heavy atom. The van der Waals surface area contributed by atoms with Crippen molar-refractivity contribution in [3.63, 3.8) is 0 Å². The number of nitrogens with zero attached hydrogens (tertiary/aromatic N) is 4. The minimum atomic E-state index is 0.312. The molecule has 23 heavy (non-hydrogen) atoms. The Labute approximate surface area is 142 Å². The first kappa shape index (κ1) is 16.8. The molecule has 3 rings (SSSR count). The van der Waals surface area contributed by atoms with Crippen molar-refractivity contribution in [2.45, 2.75) is 19.9 Å². The molecule has 1 aromatic rings. The van der Waals surface area contributed by atoms with Crippen molar-refractivity contribution in [1.82, 2.24) is 25.0 Å². The zero-order valence-corrected chi connectivity index (χ0v) is 14.8. The third-order valence-electron chi connectivity index (χ3n) is 4.63. The summed E-state index contributed by atoms with van der Waals surface area (Å²) < 4.78 is 0. The Bertz CT molecular complexity index is 506. The van der Waals surface area contributed by atoms with Crippen LogP contribution in [-0.4, -0.2) is 84.5 Å². The van der Waals surface area contributed by atoms with Crippen LogP contribution in [-0.2, 0) is 11.3 Å². The number of carbonyl (C=O) groups is 1. The van der Waals surface area contributed by atoms with E-state index < -0.39 is 0 Å². The van der Waals surface area contributed by atoms with Crippen LogP contribution in [0.15, 0.2) is 5.38 Å². The Hall–Kier alpha value is -1.02. The van der Waals surface area contributed by atoms with E-state index >= 15 is 0 Å². The molecule has 0 saturated carbocycles. The average Bonchev–Trinajstić information content (AvgIpc) is 2.99. The first-order valence-electron chi connectivity index (χ1n) is 8.55. The summed E-state index contributed by atoms with van der Waals surface area (Å²) in [5.41, 5.74) is 1.19. The van der Waals surface area contributed by atoms with Crippen molar-refractivity contribution in [2.24, 2.45) is 0 Å². The molecule has 0 atom stereocenters. The number of aromatic nitrogens is 1. The number of aryl methyl sites for hydroxylation is 1. The summed E-state index contributed by atoms with van der Waals surface area (Å²) in [6.45, 7) is 11.7. The van der Waals surface area contributed by atoms with Crippen LogP contribution in [0.1, 0.15) is 17.1 Å². The maximum absolute atomic E-state index is 12.2. The molecular weight excluding hydrogens is 310 g/mol. The molecule has 2 aliphatic heterocycles. The molecular formula is C16H27N5OS. The normalized spacial score (nSPS) is 20.8. The SMILES string of the molecule is Cc1nc(CN2CCN(CCC(=O)N3CCNCC3)CC2)cs1. The predicted molar refractivity (Wildman–Crippen MR) is 92.6 cm³/mol. The lowest BCUT2D eigenvalue weighted by Gasteiger charge is -2.35. The Kier molecular flexibility index (Phi) is 5.99. The summed E-state index contributed by atoms with van der Waals surface area (Å²) >= 11 is 1.72. The second kappa shape index (κ2) is 8.19. The maximum atomic E-state index is 12.2. The number of hydrogen-bond acceptors (Lipinski definition) is 6. The fourth-order valence-corrected chi connectivity index (χ4v) is 3.81. The molecule has 0 unspecified atom stereocenters. The quantitative estimate of drug-likeness (QED) is 0.842. The molecule has 6 nitrogen and oxygen atoms in total. The van der Waals surface area contributed by atoms with Crippen LogP contribution >= 0.6 is 11.3 Å². The van der Waals surface area contributed by atoms with Crippen molar-refractivity contribution in [3.05, 3.63) is 16.1 Å². The van der Waals surface area contributed by atoms with E-state index in [1.165, 1.54) is 5.69 Å². The summed E-state index contributed by atoms with van der Waals surface area (Å²) in [5.74, 6) is 0.312. The van der Waals surface area contributed by atoms with Crippen LogP contribution in [0.3, 0.4) is 0 Å². The minimum Gasteiger partial charge on any atom is -0.340 e. The van der Waals surface area contributed by atoms with E-state index in [9.17, 15) is 4.79 Å². The number of piperazine rings is 2. The molecule has 128 valence electrons. The second-order valence-electron chi connectivity index (χ2n) is 6.36. The van der Waals surface area contributed by atoms with Crippen molar-refractivity contribution >= 4 is 17.2 Å². The van der Waals surface area contributed by atoms with Crippen molar-refractivity contribution in [1.29, 1.82) is 0 Å². The van der Waals surface area contributed by atoms with Gasteiger partial charge in [0.05, 0.1) is 10.7 Å². The molecule has 1 aromatic heterocycles. The molecule has 2 saturated heterocycles. The third kappa shape index (κ3) is 4.97. The molecule has 1 N–H and O–H groups in total. The Balaban J connectivity index is 1.35. The summed E-state index contributed by atoms with van der Waals surface area (Å²) in [6.07, 6.45) is 0.658. The summed E-state index contributed by atoms with van der Waals surface area (Å²) in [4.78, 5) is 23.6. The van der Waals surface area contributed by atoms with Crippen molar-refractivity contribution < 1.29 is 4.79 Å². The second-order valence-corrected chi connectivity index (χ2v) is 7.42. The molecule has 0 aromatic carbocycles. The Morgan fingerprint density at radius 3 is 2.52 bits per heavy atom. The van der Waals surface area contributed by atoms with Gasteiger partial charge in [-0.2, -0.15) is 0 Å². The number of nitrogens with one attached hydrogen (secondary N) is 1. The number of amides is 1. The number of thiazole rings is 1. The molecule has 0 aliphatic carbocycles. The van der Waals surface area contributed by atoms with E-state index in [1.807, 2.05) is 4.90 Å². The number of hydrogen-bond donors (Lipinski definition) is 1. The van der Waals surface area contributed by atoms with E-state index in [-0.39, 0.29) is 0 Å². The lowest BCUT2D eigenvalue weighted by Crippen LogP contribution is -2.49. The van der Waals surface area contributed by atoms with Crippen LogP contribution in [0.25, 0.3) is 0 Å². The smallest absolute Gasteiger partial charge is 0.223 e. The predicted octanol–water partition coefficient (Wildman–Crippen LogP) is 0.391. The van der Waals surface area contributed by atoms with Crippen molar-refractivity contribution in [3.8, 4) is 0 Å². The van der Waals surface area contributed by atoms with Gasteiger partial charge in [-0.1, -0.05) is 0 Å². The molecule has 0 bridgehead atoms. The third-order valence-corrected chi connectivity index (χ3v) is 5.45. The fourth-order valence-electron chi connectivity index (χ4n) is 3.21. The van der Waals surface area contributed by atoms with Gasteiger partial charge in [-0.25, -0.2) is 4.98 Å². The first-order chi connectivity index (χ1) is 11.2. The highest BCUT2D eigenvalue weighted by Gasteiger charge is 2.20. The molecule has 0 radical (unpaired) electrons. The molecule has 0 spiro atoms. The Morgan fingerprint density at radius 1 is 1.17 bits per heavy atom. The lowest BCUT2D eigenvalue weighted by molar-refractivity contribution is -0.132. The van der Waals surface area contributed by atoms with Crippen LogP contribution in [0, 0.1) is 6.92 Å². The average molecular weight is 337 g/mol. The van der Waals surface area contributed by atoms with E-state index in [4.69, 9.17) is 0 Å². The van der Waals surface area contributed by atoms with Crippen LogP contribution in [0.4, 0.5) is 0 Å². The monoisotopic (exact) mass is 337 g/mol. The van der Waals surface area contributed by atoms with Gasteiger partial charge in [0.1, 0.15) is 0 Å². The zero-order chi connectivity index (χ0) is 16.1. The highest BCUT2D eigenvalue weighted by Crippen LogP contribution is 2.12. The van der Waals surface area contributed by atoms with Crippen LogP contribution in [0.2, 0.25) is 0 Å². The molecule has 1 amide bonds. The van der Waals surface area contributed by atoms with Gasteiger partial charge in [0.25, 0.3) is 0 Å². The van der Waals surface area contributed by atoms with Crippen LogP contribution in [0.5, 0.6) is 0 Å². The topological polar surface area (TPSA) is 51.7 Å². The highest BCUT2D eigenvalue weighted by molar-refractivity contribution is 7.09. The van der Waals surface area contributed by atoms with Crippen LogP contribution < -0.4 is 5.32 Å². The van der Waals surface area contributed by atoms with Gasteiger partial charge in [0.2, 0.25) is 5.91 Å². The molecule has 7 heteroatoms. The van der Waals surface area contributed by atoms with Crippen molar-refractivity contribution in [2.75, 3.05) is 58.9 Å². The summed E-state index contributed by atoms with van der Waals surface area (Å²) in [6, 6.07) is 0. The standard InChI is InChI=1S/C16H27N5OS/c1-14-18-15(13-23-14)12-20-10-8-19(9-11-20)5-2-16(22)21-6-3-17-4-7-21/h13,17H,2-12H2,1H3. The first-order valence-corrected chi connectivity index (χ1v) is 9.43. The van der Waals surface area contributed by atoms with E-state index in [1.54, 1.807) is 11.3 Å².